The van der Waals surface area contributed by atoms with Crippen LogP contribution in [-0.4, -0.2) is 30.0 Å². The Hall–Kier alpha value is -1.35. The summed E-state index contributed by atoms with van der Waals surface area (Å²) in [5.41, 5.74) is 1.15. The van der Waals surface area contributed by atoms with Gasteiger partial charge in [-0.3, -0.25) is 4.79 Å². The molecule has 1 aliphatic rings. The Morgan fingerprint density at radius 1 is 1.33 bits per heavy atom. The molecule has 1 fully saturated rings. The third-order valence-electron chi connectivity index (χ3n) is 3.25. The molecule has 98 valence electrons. The fourth-order valence-corrected chi connectivity index (χ4v) is 2.38. The number of amides is 1. The molecule has 1 saturated heterocycles. The molecule has 0 saturated carbocycles. The van der Waals surface area contributed by atoms with E-state index in [-0.39, 0.29) is 18.1 Å². The summed E-state index contributed by atoms with van der Waals surface area (Å²) in [6, 6.07) is 10.1. The molecule has 2 atom stereocenters. The van der Waals surface area contributed by atoms with Gasteiger partial charge in [0.1, 0.15) is 6.10 Å². The van der Waals surface area contributed by atoms with E-state index >= 15 is 0 Å². The summed E-state index contributed by atoms with van der Waals surface area (Å²) in [4.78, 5) is 13.9. The molecule has 0 radical (unpaired) electrons. The number of rotatable bonds is 3. The summed E-state index contributed by atoms with van der Waals surface area (Å²) >= 11 is 0. The molecule has 0 aliphatic carbocycles. The Balaban J connectivity index is 2.07. The highest BCUT2D eigenvalue weighted by molar-refractivity contribution is 5.76. The van der Waals surface area contributed by atoms with Crippen LogP contribution in [0, 0.1) is 0 Å². The van der Waals surface area contributed by atoms with Crippen molar-refractivity contribution >= 4 is 5.91 Å². The van der Waals surface area contributed by atoms with Gasteiger partial charge in [0, 0.05) is 13.0 Å². The van der Waals surface area contributed by atoms with Crippen LogP contribution in [0.2, 0.25) is 0 Å². The van der Waals surface area contributed by atoms with Crippen molar-refractivity contribution in [2.24, 2.45) is 0 Å². The summed E-state index contributed by atoms with van der Waals surface area (Å²) < 4.78 is 5.94. The van der Waals surface area contributed by atoms with E-state index in [1.54, 1.807) is 0 Å². The maximum Gasteiger partial charge on any atom is 0.222 e. The highest BCUT2D eigenvalue weighted by Crippen LogP contribution is 2.25. The summed E-state index contributed by atoms with van der Waals surface area (Å²) in [5, 5.41) is 0. The van der Waals surface area contributed by atoms with Crippen molar-refractivity contribution in [3.8, 4) is 0 Å². The molecule has 1 aliphatic heterocycles. The van der Waals surface area contributed by atoms with Gasteiger partial charge in [0.25, 0.3) is 0 Å². The topological polar surface area (TPSA) is 29.5 Å². The van der Waals surface area contributed by atoms with Gasteiger partial charge in [0.15, 0.2) is 0 Å². The second-order valence-corrected chi connectivity index (χ2v) is 4.89. The zero-order valence-electron chi connectivity index (χ0n) is 11.1. The van der Waals surface area contributed by atoms with E-state index in [9.17, 15) is 4.79 Å². The predicted octanol–water partition coefficient (Wildman–Crippen LogP) is 2.78. The van der Waals surface area contributed by atoms with E-state index in [1.807, 2.05) is 36.9 Å². The van der Waals surface area contributed by atoms with Crippen LogP contribution in [0.25, 0.3) is 0 Å². The fourth-order valence-electron chi connectivity index (χ4n) is 2.38. The molecule has 0 spiro atoms. The number of hydrogen-bond acceptors (Lipinski definition) is 2. The average Bonchev–Trinajstić information content (AvgIpc) is 2.39. The van der Waals surface area contributed by atoms with Crippen LogP contribution < -0.4 is 0 Å². The molecule has 1 aromatic carbocycles. The molecule has 1 amide bonds. The Kier molecular flexibility index (Phi) is 4.37. The SMILES string of the molecule is CCCC(=O)N1C[C@@H](c2ccccc2)O[C@@H](C)C1. The predicted molar refractivity (Wildman–Crippen MR) is 71.2 cm³/mol. The summed E-state index contributed by atoms with van der Waals surface area (Å²) in [7, 11) is 0. The number of carbonyl (C=O) groups excluding carboxylic acids is 1. The number of hydrogen-bond donors (Lipinski definition) is 0. The van der Waals surface area contributed by atoms with E-state index < -0.39 is 0 Å². The van der Waals surface area contributed by atoms with Crippen LogP contribution in [0.15, 0.2) is 30.3 Å². The van der Waals surface area contributed by atoms with Crippen LogP contribution in [-0.2, 0) is 9.53 Å². The van der Waals surface area contributed by atoms with Gasteiger partial charge in [-0.1, -0.05) is 37.3 Å². The first-order chi connectivity index (χ1) is 8.70. The number of ether oxygens (including phenoxy) is 1. The minimum absolute atomic E-state index is 0.00996. The first kappa shape index (κ1) is 13.1. The van der Waals surface area contributed by atoms with E-state index in [1.165, 1.54) is 0 Å². The van der Waals surface area contributed by atoms with Gasteiger partial charge in [-0.15, -0.1) is 0 Å². The highest BCUT2D eigenvalue weighted by Gasteiger charge is 2.28. The number of benzene rings is 1. The van der Waals surface area contributed by atoms with Crippen LogP contribution in [0.3, 0.4) is 0 Å². The van der Waals surface area contributed by atoms with Crippen molar-refractivity contribution in [1.82, 2.24) is 4.90 Å². The second kappa shape index (κ2) is 6.01. The molecule has 2 rings (SSSR count). The van der Waals surface area contributed by atoms with Crippen LogP contribution in [0.5, 0.6) is 0 Å². The number of carbonyl (C=O) groups is 1. The van der Waals surface area contributed by atoms with Gasteiger partial charge in [-0.2, -0.15) is 0 Å². The minimum atomic E-state index is 0.00996. The first-order valence-corrected chi connectivity index (χ1v) is 6.69. The lowest BCUT2D eigenvalue weighted by Crippen LogP contribution is -2.45. The zero-order chi connectivity index (χ0) is 13.0. The number of nitrogens with zero attached hydrogens (tertiary/aromatic N) is 1. The standard InChI is InChI=1S/C15H21NO2/c1-3-7-15(17)16-10-12(2)18-14(11-16)13-8-5-4-6-9-13/h4-6,8-9,12,14H,3,7,10-11H2,1-2H3/t12-,14-/m0/s1. The third-order valence-corrected chi connectivity index (χ3v) is 3.25. The van der Waals surface area contributed by atoms with E-state index in [4.69, 9.17) is 4.74 Å². The highest BCUT2D eigenvalue weighted by atomic mass is 16.5. The largest absolute Gasteiger partial charge is 0.367 e. The van der Waals surface area contributed by atoms with Gasteiger partial charge in [0.2, 0.25) is 5.91 Å². The van der Waals surface area contributed by atoms with Crippen molar-refractivity contribution in [2.75, 3.05) is 13.1 Å². The van der Waals surface area contributed by atoms with E-state index in [2.05, 4.69) is 12.1 Å². The number of morpholine rings is 1. The zero-order valence-corrected chi connectivity index (χ0v) is 11.1. The maximum atomic E-state index is 12.0. The van der Waals surface area contributed by atoms with Gasteiger partial charge < -0.3 is 9.64 Å². The summed E-state index contributed by atoms with van der Waals surface area (Å²) in [6.07, 6.45) is 1.65. The molecule has 0 unspecified atom stereocenters. The first-order valence-electron chi connectivity index (χ1n) is 6.69. The van der Waals surface area contributed by atoms with Crippen molar-refractivity contribution < 1.29 is 9.53 Å². The van der Waals surface area contributed by atoms with Gasteiger partial charge in [0.05, 0.1) is 12.6 Å². The van der Waals surface area contributed by atoms with Crippen molar-refractivity contribution in [3.05, 3.63) is 35.9 Å². The van der Waals surface area contributed by atoms with Crippen molar-refractivity contribution in [1.29, 1.82) is 0 Å². The van der Waals surface area contributed by atoms with Crippen molar-refractivity contribution in [2.45, 2.75) is 38.9 Å². The lowest BCUT2D eigenvalue weighted by Gasteiger charge is -2.37. The van der Waals surface area contributed by atoms with Crippen molar-refractivity contribution in [3.63, 3.8) is 0 Å². The molecule has 0 bridgehead atoms. The normalized spacial score (nSPS) is 24.0. The summed E-state index contributed by atoms with van der Waals surface area (Å²) in [5.74, 6) is 0.244. The lowest BCUT2D eigenvalue weighted by molar-refractivity contribution is -0.144. The average molecular weight is 247 g/mol. The molecule has 3 nitrogen and oxygen atoms in total. The minimum Gasteiger partial charge on any atom is -0.367 e. The smallest absolute Gasteiger partial charge is 0.222 e. The third kappa shape index (κ3) is 3.10. The quantitative estimate of drug-likeness (QED) is 0.822. The molecule has 3 heteroatoms. The summed E-state index contributed by atoms with van der Waals surface area (Å²) in [6.45, 7) is 5.45. The lowest BCUT2D eigenvalue weighted by atomic mass is 10.1. The van der Waals surface area contributed by atoms with Gasteiger partial charge in [-0.25, -0.2) is 0 Å². The molecule has 18 heavy (non-hydrogen) atoms. The van der Waals surface area contributed by atoms with Gasteiger partial charge >= 0.3 is 0 Å². The Bertz CT molecular complexity index is 391. The molecule has 0 N–H and O–H groups in total. The monoisotopic (exact) mass is 247 g/mol. The molecule has 0 aromatic heterocycles. The maximum absolute atomic E-state index is 12.0. The van der Waals surface area contributed by atoms with Crippen LogP contribution >= 0.6 is 0 Å². The Morgan fingerprint density at radius 3 is 2.72 bits per heavy atom. The Labute approximate surface area is 109 Å². The van der Waals surface area contributed by atoms with Gasteiger partial charge in [-0.05, 0) is 18.9 Å². The Morgan fingerprint density at radius 2 is 2.06 bits per heavy atom. The molecular weight excluding hydrogens is 226 g/mol. The molecular formula is C15H21NO2. The van der Waals surface area contributed by atoms with Crippen LogP contribution in [0.4, 0.5) is 0 Å². The van der Waals surface area contributed by atoms with E-state index in [0.717, 1.165) is 12.0 Å². The van der Waals surface area contributed by atoms with Crippen LogP contribution in [0.1, 0.15) is 38.4 Å². The second-order valence-electron chi connectivity index (χ2n) is 4.89. The molecule has 1 aromatic rings. The molecule has 1 heterocycles. The fraction of sp³-hybridized carbons (Fsp3) is 0.533. The van der Waals surface area contributed by atoms with E-state index in [0.29, 0.717) is 19.5 Å².